The highest BCUT2D eigenvalue weighted by molar-refractivity contribution is 6.29. The first-order valence-electron chi connectivity index (χ1n) is 19.5. The Morgan fingerprint density at radius 1 is 0.246 bits per heavy atom. The Kier molecular flexibility index (Phi) is 8.26. The lowest BCUT2D eigenvalue weighted by Crippen LogP contribution is -1.96. The molecule has 0 aliphatic heterocycles. The molecule has 11 rings (SSSR count). The molecule has 0 heterocycles. The van der Waals surface area contributed by atoms with E-state index in [0.717, 1.165) is 78.7 Å². The summed E-state index contributed by atoms with van der Waals surface area (Å²) in [5.41, 5.74) is 4.06. The summed E-state index contributed by atoms with van der Waals surface area (Å²) in [5, 5.41) is 9.79. The molecule has 0 nitrogen and oxygen atoms in total. The second-order valence-corrected chi connectivity index (χ2v) is 15.3. The quantitative estimate of drug-likeness (QED) is 0.0719. The van der Waals surface area contributed by atoms with Gasteiger partial charge in [0.1, 0.15) is 5.82 Å². The molecule has 0 spiro atoms. The predicted molar refractivity (Wildman–Crippen MR) is 233 cm³/mol. The lowest BCUT2D eigenvalue weighted by atomic mass is 9.81. The molecule has 0 fully saturated rings. The summed E-state index contributed by atoms with van der Waals surface area (Å²) in [5.74, 6) is -8.89. The molecular weight excluding hydrogens is 782 g/mol. The minimum Gasteiger partial charge on any atom is -0.207 e. The number of rotatable bonds is 4. The number of benzene rings is 11. The molecule has 0 unspecified atom stereocenters. The van der Waals surface area contributed by atoms with E-state index in [0.29, 0.717) is 43.6 Å². The third-order valence-corrected chi connectivity index (χ3v) is 11.9. The molecule has 0 radical (unpaired) electrons. The second-order valence-electron chi connectivity index (χ2n) is 15.3. The van der Waals surface area contributed by atoms with Crippen molar-refractivity contribution in [3.63, 3.8) is 0 Å². The van der Waals surface area contributed by atoms with Crippen molar-refractivity contribution in [2.75, 3.05) is 0 Å². The second kappa shape index (κ2) is 13.8. The first-order chi connectivity index (χ1) is 29.6. The van der Waals surface area contributed by atoms with E-state index in [1.54, 1.807) is 18.2 Å². The van der Waals surface area contributed by atoms with Crippen LogP contribution in [0, 0.1) is 40.7 Å². The third kappa shape index (κ3) is 5.75. The highest BCUT2D eigenvalue weighted by Gasteiger charge is 2.23. The lowest BCUT2D eigenvalue weighted by Gasteiger charge is -2.22. The van der Waals surface area contributed by atoms with Crippen LogP contribution in [0.15, 0.2) is 164 Å². The van der Waals surface area contributed by atoms with Gasteiger partial charge in [0.05, 0.1) is 0 Å². The number of hydrogen-bond donors (Lipinski definition) is 0. The van der Waals surface area contributed by atoms with E-state index < -0.39 is 40.7 Å². The normalized spacial score (nSPS) is 11.9. The van der Waals surface area contributed by atoms with E-state index >= 15 is 4.39 Å². The fourth-order valence-corrected chi connectivity index (χ4v) is 9.16. The van der Waals surface area contributed by atoms with E-state index in [2.05, 4.69) is 12.1 Å². The molecule has 7 heteroatoms. The fourth-order valence-electron chi connectivity index (χ4n) is 9.16. The van der Waals surface area contributed by atoms with Crippen molar-refractivity contribution in [2.24, 2.45) is 0 Å². The van der Waals surface area contributed by atoms with Crippen LogP contribution >= 0.6 is 0 Å². The molecule has 11 aromatic rings. The highest BCUT2D eigenvalue weighted by Crippen LogP contribution is 2.50. The van der Waals surface area contributed by atoms with Crippen molar-refractivity contribution >= 4 is 64.6 Å². The van der Waals surface area contributed by atoms with Crippen LogP contribution in [0.25, 0.3) is 109 Å². The Morgan fingerprint density at radius 3 is 1.13 bits per heavy atom. The first-order valence-corrected chi connectivity index (χ1v) is 19.5. The van der Waals surface area contributed by atoms with Gasteiger partial charge in [0.25, 0.3) is 0 Å². The smallest absolute Gasteiger partial charge is 0.194 e. The largest absolute Gasteiger partial charge is 0.207 e. The van der Waals surface area contributed by atoms with Crippen molar-refractivity contribution < 1.29 is 30.7 Å². The van der Waals surface area contributed by atoms with Crippen LogP contribution in [-0.4, -0.2) is 0 Å². The van der Waals surface area contributed by atoms with Crippen LogP contribution in [0.4, 0.5) is 30.7 Å². The van der Waals surface area contributed by atoms with Gasteiger partial charge in [-0.05, 0) is 170 Å². The average Bonchev–Trinajstić information content (AvgIpc) is 3.28. The van der Waals surface area contributed by atoms with Gasteiger partial charge in [-0.15, -0.1) is 0 Å². The van der Waals surface area contributed by atoms with Crippen molar-refractivity contribution in [3.8, 4) is 44.5 Å². The molecule has 0 saturated carbocycles. The lowest BCUT2D eigenvalue weighted by molar-refractivity contribution is 0.447. The van der Waals surface area contributed by atoms with Crippen LogP contribution in [0.5, 0.6) is 0 Å². The summed E-state index contributed by atoms with van der Waals surface area (Å²) >= 11 is 0. The van der Waals surface area contributed by atoms with Crippen LogP contribution in [-0.2, 0) is 0 Å². The topological polar surface area (TPSA) is 0 Å². The third-order valence-electron chi connectivity index (χ3n) is 11.9. The fraction of sp³-hybridized carbons (Fsp3) is 0. The molecule has 61 heavy (non-hydrogen) atoms. The van der Waals surface area contributed by atoms with E-state index in [1.165, 1.54) is 12.1 Å². The van der Waals surface area contributed by atoms with Crippen LogP contribution < -0.4 is 0 Å². The zero-order valence-electron chi connectivity index (χ0n) is 31.7. The molecule has 0 saturated heterocycles. The van der Waals surface area contributed by atoms with E-state index in [4.69, 9.17) is 0 Å². The predicted octanol–water partition coefficient (Wildman–Crippen LogP) is 16.2. The first kappa shape index (κ1) is 36.6. The molecular formula is C54H27F7. The molecule has 0 atom stereocenters. The van der Waals surface area contributed by atoms with E-state index in [9.17, 15) is 26.3 Å². The van der Waals surface area contributed by atoms with Gasteiger partial charge in [0, 0.05) is 0 Å². The Balaban J connectivity index is 1.37. The van der Waals surface area contributed by atoms with E-state index in [-0.39, 0.29) is 11.1 Å². The van der Waals surface area contributed by atoms with E-state index in [1.807, 2.05) is 97.1 Å². The van der Waals surface area contributed by atoms with Gasteiger partial charge in [0.15, 0.2) is 34.9 Å². The van der Waals surface area contributed by atoms with Gasteiger partial charge in [-0.25, -0.2) is 30.7 Å². The maximum atomic E-state index is 15.0. The van der Waals surface area contributed by atoms with Gasteiger partial charge in [-0.3, -0.25) is 0 Å². The maximum absolute atomic E-state index is 15.0. The molecule has 292 valence electrons. The van der Waals surface area contributed by atoms with Gasteiger partial charge >= 0.3 is 0 Å². The Morgan fingerprint density at radius 2 is 0.639 bits per heavy atom. The summed E-state index contributed by atoms with van der Waals surface area (Å²) in [6, 6.07) is 47.0. The SMILES string of the molecule is Fc1ccc2c(c1)cc(-c1c3ccc(-c4cc(F)c(F)c(F)c4)cc3c(-c3cc4ccccc4c4ccccc34)c3ccc(-c4cc(F)c(F)c(F)c4)cc13)c1ccccc12. The number of fused-ring (bicyclic) bond motifs is 8. The zero-order chi connectivity index (χ0) is 41.7. The van der Waals surface area contributed by atoms with Gasteiger partial charge in [-0.1, -0.05) is 103 Å². The van der Waals surface area contributed by atoms with Crippen molar-refractivity contribution in [1.29, 1.82) is 0 Å². The standard InChI is InChI=1S/C54H27F7/c55-34-15-18-36-33(19-34)23-44(40-12-6-4-10-38(36)40)52-42-17-14-28(31-24-47(56)53(60)48(57)25-31)20-45(42)51(43-22-30-7-1-2-8-35(30)37-9-3-5-11-39(37)43)41-16-13-29(21-46(41)52)32-26-49(58)54(61)50(59)27-32/h1-27H. The molecule has 0 aliphatic carbocycles. The summed E-state index contributed by atoms with van der Waals surface area (Å²) < 4.78 is 103. The van der Waals surface area contributed by atoms with Gasteiger partial charge in [0.2, 0.25) is 0 Å². The Labute approximate surface area is 343 Å². The van der Waals surface area contributed by atoms with Crippen LogP contribution in [0.1, 0.15) is 0 Å². The monoisotopic (exact) mass is 808 g/mol. The van der Waals surface area contributed by atoms with Crippen LogP contribution in [0.2, 0.25) is 0 Å². The van der Waals surface area contributed by atoms with Crippen molar-refractivity contribution in [2.45, 2.75) is 0 Å². The van der Waals surface area contributed by atoms with Gasteiger partial charge in [-0.2, -0.15) is 0 Å². The molecule has 0 N–H and O–H groups in total. The maximum Gasteiger partial charge on any atom is 0.194 e. The van der Waals surface area contributed by atoms with Crippen molar-refractivity contribution in [3.05, 3.63) is 205 Å². The summed E-state index contributed by atoms with van der Waals surface area (Å²) in [4.78, 5) is 0. The summed E-state index contributed by atoms with van der Waals surface area (Å²) in [6.07, 6.45) is 0. The Bertz CT molecular complexity index is 3640. The molecule has 0 aromatic heterocycles. The summed E-state index contributed by atoms with van der Waals surface area (Å²) in [6.45, 7) is 0. The molecule has 0 bridgehead atoms. The summed E-state index contributed by atoms with van der Waals surface area (Å²) in [7, 11) is 0. The molecule has 0 aliphatic rings. The minimum atomic E-state index is -1.58. The van der Waals surface area contributed by atoms with Crippen LogP contribution in [0.3, 0.4) is 0 Å². The zero-order valence-corrected chi connectivity index (χ0v) is 31.7. The minimum absolute atomic E-state index is 0.114. The molecule has 11 aromatic carbocycles. The molecule has 0 amide bonds. The average molecular weight is 809 g/mol. The number of halogens is 7. The Hall–Kier alpha value is -7.51. The number of hydrogen-bond acceptors (Lipinski definition) is 0. The van der Waals surface area contributed by atoms with Gasteiger partial charge < -0.3 is 0 Å². The highest BCUT2D eigenvalue weighted by atomic mass is 19.2. The van der Waals surface area contributed by atoms with Crippen molar-refractivity contribution in [1.82, 2.24) is 0 Å².